The smallest absolute Gasteiger partial charge is 0.0112 e. The summed E-state index contributed by atoms with van der Waals surface area (Å²) < 4.78 is 0. The molecule has 4 heteroatoms. The third kappa shape index (κ3) is 5.25. The number of hydrogen-bond acceptors (Lipinski definition) is 4. The zero-order valence-corrected chi connectivity index (χ0v) is 13.6. The molecule has 2 heterocycles. The molecule has 1 N–H and O–H groups in total. The Balaban J connectivity index is 1.64. The summed E-state index contributed by atoms with van der Waals surface area (Å²) in [6.45, 7) is 12.3. The molecule has 0 radical (unpaired) electrons. The van der Waals surface area contributed by atoms with E-state index in [1.54, 1.807) is 0 Å². The summed E-state index contributed by atoms with van der Waals surface area (Å²) in [7, 11) is 0. The van der Waals surface area contributed by atoms with Gasteiger partial charge in [-0.3, -0.25) is 4.90 Å². The molecule has 2 fully saturated rings. The molecule has 3 nitrogen and oxygen atoms in total. The van der Waals surface area contributed by atoms with Crippen molar-refractivity contribution in [2.24, 2.45) is 0 Å². The van der Waals surface area contributed by atoms with Crippen LogP contribution in [0.15, 0.2) is 0 Å². The maximum atomic E-state index is 3.69. The molecule has 0 aromatic rings. The van der Waals surface area contributed by atoms with Crippen molar-refractivity contribution >= 4 is 11.8 Å². The summed E-state index contributed by atoms with van der Waals surface area (Å²) in [5.74, 6) is 2.66. The molecule has 19 heavy (non-hydrogen) atoms. The molecule has 2 rings (SSSR count). The van der Waals surface area contributed by atoms with Gasteiger partial charge in [0.1, 0.15) is 0 Å². The third-order valence-electron chi connectivity index (χ3n) is 4.50. The van der Waals surface area contributed by atoms with Gasteiger partial charge in [-0.1, -0.05) is 6.92 Å². The fourth-order valence-electron chi connectivity index (χ4n) is 3.18. The Bertz CT molecular complexity index is 244. The van der Waals surface area contributed by atoms with Crippen LogP contribution in [0.3, 0.4) is 0 Å². The molecule has 0 aliphatic carbocycles. The summed E-state index contributed by atoms with van der Waals surface area (Å²) in [6.07, 6.45) is 3.91. The third-order valence-corrected chi connectivity index (χ3v) is 5.45. The molecule has 2 aliphatic rings. The number of nitrogens with zero attached hydrogens (tertiary/aromatic N) is 2. The van der Waals surface area contributed by atoms with Crippen LogP contribution >= 0.6 is 11.8 Å². The Labute approximate surface area is 123 Å². The van der Waals surface area contributed by atoms with Gasteiger partial charge in [0.2, 0.25) is 0 Å². The van der Waals surface area contributed by atoms with Crippen molar-refractivity contribution in [3.63, 3.8) is 0 Å². The molecule has 2 unspecified atom stereocenters. The highest BCUT2D eigenvalue weighted by Gasteiger charge is 2.25. The maximum Gasteiger partial charge on any atom is 0.0112 e. The standard InChI is InChI=1S/C15H31N3S/c1-3-5-16-15-4-6-18(14(2)13-15)8-7-17-9-11-19-12-10-17/h14-16H,3-13H2,1-2H3. The SMILES string of the molecule is CCCNC1CCN(CCN2CCSCC2)C(C)C1. The van der Waals surface area contributed by atoms with Gasteiger partial charge in [-0.25, -0.2) is 0 Å². The molecule has 0 saturated carbocycles. The second kappa shape index (κ2) is 8.50. The molecule has 0 aromatic heterocycles. The average molecular weight is 286 g/mol. The van der Waals surface area contributed by atoms with Crippen LogP contribution in [-0.4, -0.2) is 72.7 Å². The van der Waals surface area contributed by atoms with Crippen molar-refractivity contribution in [1.82, 2.24) is 15.1 Å². The van der Waals surface area contributed by atoms with Gasteiger partial charge < -0.3 is 10.2 Å². The van der Waals surface area contributed by atoms with E-state index in [-0.39, 0.29) is 0 Å². The summed E-state index contributed by atoms with van der Waals surface area (Å²) >= 11 is 2.10. The first-order valence-electron chi connectivity index (χ1n) is 8.07. The lowest BCUT2D eigenvalue weighted by molar-refractivity contribution is 0.119. The quantitative estimate of drug-likeness (QED) is 0.803. The molecule has 0 amide bonds. The first-order chi connectivity index (χ1) is 9.29. The Morgan fingerprint density at radius 2 is 1.95 bits per heavy atom. The minimum Gasteiger partial charge on any atom is -0.314 e. The topological polar surface area (TPSA) is 18.5 Å². The van der Waals surface area contributed by atoms with Gasteiger partial charge >= 0.3 is 0 Å². The largest absolute Gasteiger partial charge is 0.314 e. The highest BCUT2D eigenvalue weighted by molar-refractivity contribution is 7.99. The fraction of sp³-hybridized carbons (Fsp3) is 1.00. The number of rotatable bonds is 6. The Hall–Kier alpha value is 0.230. The summed E-state index contributed by atoms with van der Waals surface area (Å²) in [5.41, 5.74) is 0. The van der Waals surface area contributed by atoms with E-state index in [0.29, 0.717) is 0 Å². The van der Waals surface area contributed by atoms with Crippen LogP contribution < -0.4 is 5.32 Å². The predicted octanol–water partition coefficient (Wildman–Crippen LogP) is 1.89. The Kier molecular flexibility index (Phi) is 6.99. The average Bonchev–Trinajstić information content (AvgIpc) is 2.45. The molecular formula is C15H31N3S. The molecule has 2 atom stereocenters. The van der Waals surface area contributed by atoms with E-state index in [0.717, 1.165) is 12.1 Å². The lowest BCUT2D eigenvalue weighted by Crippen LogP contribution is -2.50. The molecule has 0 bridgehead atoms. The monoisotopic (exact) mass is 285 g/mol. The van der Waals surface area contributed by atoms with Gasteiger partial charge in [0.05, 0.1) is 0 Å². The number of hydrogen-bond donors (Lipinski definition) is 1. The normalized spacial score (nSPS) is 30.6. The second-order valence-corrected chi connectivity index (χ2v) is 7.24. The zero-order chi connectivity index (χ0) is 13.5. The van der Waals surface area contributed by atoms with E-state index in [4.69, 9.17) is 0 Å². The molecule has 0 spiro atoms. The molecule has 112 valence electrons. The lowest BCUT2D eigenvalue weighted by Gasteiger charge is -2.39. The van der Waals surface area contributed by atoms with Gasteiger partial charge in [-0.15, -0.1) is 0 Å². The van der Waals surface area contributed by atoms with Crippen molar-refractivity contribution < 1.29 is 0 Å². The van der Waals surface area contributed by atoms with Gasteiger partial charge in [0.25, 0.3) is 0 Å². The summed E-state index contributed by atoms with van der Waals surface area (Å²) in [4.78, 5) is 5.34. The van der Waals surface area contributed by atoms with E-state index in [1.165, 1.54) is 70.0 Å². The highest BCUT2D eigenvalue weighted by Crippen LogP contribution is 2.17. The van der Waals surface area contributed by atoms with Crippen LogP contribution in [0.4, 0.5) is 0 Å². The van der Waals surface area contributed by atoms with E-state index >= 15 is 0 Å². The van der Waals surface area contributed by atoms with Crippen molar-refractivity contribution in [2.45, 2.75) is 45.2 Å². The summed E-state index contributed by atoms with van der Waals surface area (Å²) in [6, 6.07) is 1.51. The van der Waals surface area contributed by atoms with Gasteiger partial charge in [-0.2, -0.15) is 11.8 Å². The molecular weight excluding hydrogens is 254 g/mol. The van der Waals surface area contributed by atoms with Crippen LogP contribution in [0.2, 0.25) is 0 Å². The number of piperidine rings is 1. The molecule has 2 aliphatic heterocycles. The van der Waals surface area contributed by atoms with Crippen molar-refractivity contribution in [3.05, 3.63) is 0 Å². The van der Waals surface area contributed by atoms with Crippen LogP contribution in [0.5, 0.6) is 0 Å². The molecule has 0 aromatic carbocycles. The van der Waals surface area contributed by atoms with Crippen molar-refractivity contribution in [3.8, 4) is 0 Å². The zero-order valence-electron chi connectivity index (χ0n) is 12.7. The van der Waals surface area contributed by atoms with Crippen molar-refractivity contribution in [1.29, 1.82) is 0 Å². The van der Waals surface area contributed by atoms with Crippen LogP contribution in [0, 0.1) is 0 Å². The summed E-state index contributed by atoms with van der Waals surface area (Å²) in [5, 5.41) is 3.69. The fourth-order valence-corrected chi connectivity index (χ4v) is 4.16. The van der Waals surface area contributed by atoms with Gasteiger partial charge in [-0.05, 0) is 39.3 Å². The number of likely N-dealkylation sites (tertiary alicyclic amines) is 1. The van der Waals surface area contributed by atoms with Crippen LogP contribution in [-0.2, 0) is 0 Å². The lowest BCUT2D eigenvalue weighted by atomic mass is 9.98. The van der Waals surface area contributed by atoms with E-state index in [9.17, 15) is 0 Å². The highest BCUT2D eigenvalue weighted by atomic mass is 32.2. The minimum absolute atomic E-state index is 0.752. The minimum atomic E-state index is 0.752. The Morgan fingerprint density at radius 3 is 2.63 bits per heavy atom. The van der Waals surface area contributed by atoms with E-state index < -0.39 is 0 Å². The van der Waals surface area contributed by atoms with Gasteiger partial charge in [0.15, 0.2) is 0 Å². The first-order valence-corrected chi connectivity index (χ1v) is 9.22. The van der Waals surface area contributed by atoms with Gasteiger partial charge in [0, 0.05) is 49.8 Å². The maximum absolute atomic E-state index is 3.69. The molecule has 2 saturated heterocycles. The predicted molar refractivity (Wildman–Crippen MR) is 86.1 cm³/mol. The second-order valence-electron chi connectivity index (χ2n) is 6.01. The van der Waals surface area contributed by atoms with E-state index in [1.807, 2.05) is 0 Å². The first kappa shape index (κ1) is 15.6. The van der Waals surface area contributed by atoms with Crippen LogP contribution in [0.1, 0.15) is 33.1 Å². The van der Waals surface area contributed by atoms with Crippen LogP contribution in [0.25, 0.3) is 0 Å². The Morgan fingerprint density at radius 1 is 1.16 bits per heavy atom. The van der Waals surface area contributed by atoms with Crippen molar-refractivity contribution in [2.75, 3.05) is 50.8 Å². The van der Waals surface area contributed by atoms with E-state index in [2.05, 4.69) is 40.7 Å². The number of nitrogens with one attached hydrogen (secondary N) is 1. The number of thioether (sulfide) groups is 1.